The van der Waals surface area contributed by atoms with Gasteiger partial charge in [0.05, 0.1) is 23.3 Å². The lowest BCUT2D eigenvalue weighted by Crippen LogP contribution is -2.24. The maximum Gasteiger partial charge on any atom is 0.284 e. The predicted octanol–water partition coefficient (Wildman–Crippen LogP) is 3.98. The second-order valence-corrected chi connectivity index (χ2v) is 8.39. The Hall–Kier alpha value is -3.48. The molecule has 4 rings (SSSR count). The summed E-state index contributed by atoms with van der Waals surface area (Å²) >= 11 is 0.929. The van der Waals surface area contributed by atoms with Crippen LogP contribution in [0.5, 0.6) is 0 Å². The van der Waals surface area contributed by atoms with Crippen LogP contribution in [0.25, 0.3) is 21.9 Å². The predicted molar refractivity (Wildman–Crippen MR) is 137 cm³/mol. The lowest BCUT2D eigenvalue weighted by atomic mass is 10.1. The Morgan fingerprint density at radius 1 is 1.03 bits per heavy atom. The summed E-state index contributed by atoms with van der Waals surface area (Å²) in [4.78, 5) is 27.0. The van der Waals surface area contributed by atoms with E-state index in [9.17, 15) is 9.59 Å². The smallest absolute Gasteiger partial charge is 0.284 e. The molecule has 0 saturated heterocycles. The highest BCUT2D eigenvalue weighted by atomic mass is 32.2. The zero-order chi connectivity index (χ0) is 25.0. The van der Waals surface area contributed by atoms with Crippen LogP contribution in [0.1, 0.15) is 36.2 Å². The van der Waals surface area contributed by atoms with E-state index in [0.717, 1.165) is 53.4 Å². The summed E-state index contributed by atoms with van der Waals surface area (Å²) in [6.45, 7) is 0.716. The third-order valence-electron chi connectivity index (χ3n) is 4.92. The number of carbonyl (C=O) groups excluding carboxylic acids is 2. The van der Waals surface area contributed by atoms with Crippen LogP contribution in [0, 0.1) is 0 Å². The maximum atomic E-state index is 12.0. The molecule has 184 valence electrons. The SMILES string of the molecule is NC(=O)c1cc2ccccc2o1.NN(O)SNCCCCCC(=O)Nc1cccc2cccnc12. The van der Waals surface area contributed by atoms with Crippen molar-refractivity contribution in [2.75, 3.05) is 11.9 Å². The first kappa shape index (κ1) is 26.1. The van der Waals surface area contributed by atoms with Crippen molar-refractivity contribution in [1.29, 1.82) is 0 Å². The van der Waals surface area contributed by atoms with E-state index < -0.39 is 5.91 Å². The van der Waals surface area contributed by atoms with E-state index in [1.807, 2.05) is 48.5 Å². The van der Waals surface area contributed by atoms with Crippen molar-refractivity contribution in [3.8, 4) is 0 Å². The minimum atomic E-state index is -0.536. The van der Waals surface area contributed by atoms with Gasteiger partial charge in [0.25, 0.3) is 5.91 Å². The number of hydrazine groups is 1. The van der Waals surface area contributed by atoms with Crippen LogP contribution in [-0.2, 0) is 4.79 Å². The summed E-state index contributed by atoms with van der Waals surface area (Å²) in [5, 5.41) is 13.5. The van der Waals surface area contributed by atoms with Gasteiger partial charge in [0.1, 0.15) is 5.58 Å². The molecule has 0 saturated carbocycles. The molecule has 4 aromatic rings. The lowest BCUT2D eigenvalue weighted by Gasteiger charge is -2.08. The highest BCUT2D eigenvalue weighted by molar-refractivity contribution is 7.94. The van der Waals surface area contributed by atoms with Crippen LogP contribution in [0.2, 0.25) is 0 Å². The van der Waals surface area contributed by atoms with Crippen molar-refractivity contribution in [2.45, 2.75) is 25.7 Å². The van der Waals surface area contributed by atoms with Crippen molar-refractivity contribution in [3.63, 3.8) is 0 Å². The molecular weight excluding hydrogens is 468 g/mol. The van der Waals surface area contributed by atoms with Crippen LogP contribution < -0.4 is 21.6 Å². The number of para-hydroxylation sites is 2. The Kier molecular flexibility index (Phi) is 10.0. The third-order valence-corrected chi connectivity index (χ3v) is 5.44. The minimum Gasteiger partial charge on any atom is -0.451 e. The van der Waals surface area contributed by atoms with Gasteiger partial charge in [-0.25, -0.2) is 10.6 Å². The monoisotopic (exact) mass is 496 g/mol. The molecule has 0 atom stereocenters. The van der Waals surface area contributed by atoms with Crippen molar-refractivity contribution < 1.29 is 19.2 Å². The molecule has 0 unspecified atom stereocenters. The molecule has 7 N–H and O–H groups in total. The van der Waals surface area contributed by atoms with Crippen molar-refractivity contribution >= 4 is 51.5 Å². The van der Waals surface area contributed by atoms with E-state index in [1.165, 1.54) is 0 Å². The number of hydrogen-bond donors (Lipinski definition) is 5. The van der Waals surface area contributed by atoms with Crippen molar-refractivity contribution in [1.82, 2.24) is 14.3 Å². The number of fused-ring (bicyclic) bond motifs is 2. The second kappa shape index (κ2) is 13.4. The van der Waals surface area contributed by atoms with Gasteiger partial charge in [-0.05, 0) is 37.1 Å². The fourth-order valence-electron chi connectivity index (χ4n) is 3.29. The number of pyridine rings is 1. The van der Waals surface area contributed by atoms with Crippen LogP contribution in [0.3, 0.4) is 0 Å². The highest BCUT2D eigenvalue weighted by Crippen LogP contribution is 2.21. The second-order valence-electron chi connectivity index (χ2n) is 7.54. The molecule has 2 aromatic carbocycles. The van der Waals surface area contributed by atoms with E-state index >= 15 is 0 Å². The first-order valence-corrected chi connectivity index (χ1v) is 11.8. The van der Waals surface area contributed by atoms with E-state index in [-0.39, 0.29) is 11.7 Å². The first-order valence-electron chi connectivity index (χ1n) is 11.0. The molecule has 2 aromatic heterocycles. The molecule has 0 aliphatic carbocycles. The molecule has 0 aliphatic heterocycles. The maximum absolute atomic E-state index is 12.0. The summed E-state index contributed by atoms with van der Waals surface area (Å²) < 4.78 is 8.57. The molecule has 35 heavy (non-hydrogen) atoms. The first-order chi connectivity index (χ1) is 16.9. The molecule has 0 radical (unpaired) electrons. The number of furan rings is 1. The van der Waals surface area contributed by atoms with Gasteiger partial charge in [0.15, 0.2) is 5.76 Å². The number of amides is 2. The van der Waals surface area contributed by atoms with E-state index in [2.05, 4.69) is 15.0 Å². The number of anilines is 1. The number of unbranched alkanes of at least 4 members (excludes halogenated alkanes) is 2. The molecule has 0 spiro atoms. The van der Waals surface area contributed by atoms with Crippen molar-refractivity contribution in [2.24, 2.45) is 11.6 Å². The molecule has 0 aliphatic rings. The van der Waals surface area contributed by atoms with Gasteiger partial charge in [0, 0.05) is 29.9 Å². The summed E-state index contributed by atoms with van der Waals surface area (Å²) in [5.74, 6) is 4.68. The van der Waals surface area contributed by atoms with Crippen LogP contribution in [0.15, 0.2) is 71.3 Å². The van der Waals surface area contributed by atoms with Gasteiger partial charge in [-0.3, -0.25) is 19.8 Å². The number of benzene rings is 2. The zero-order valence-electron chi connectivity index (χ0n) is 19.0. The quantitative estimate of drug-likeness (QED) is 0.0946. The van der Waals surface area contributed by atoms with Crippen LogP contribution in [0.4, 0.5) is 5.69 Å². The normalized spacial score (nSPS) is 10.8. The molecule has 11 heteroatoms. The summed E-state index contributed by atoms with van der Waals surface area (Å²) in [6, 6.07) is 18.6. The van der Waals surface area contributed by atoms with Gasteiger partial charge in [-0.2, -0.15) is 0 Å². The van der Waals surface area contributed by atoms with Gasteiger partial charge in [-0.15, -0.1) is 0 Å². The summed E-state index contributed by atoms with van der Waals surface area (Å²) in [7, 11) is 0. The van der Waals surface area contributed by atoms with Crippen LogP contribution in [-0.4, -0.2) is 33.1 Å². The average Bonchev–Trinajstić information content (AvgIpc) is 3.29. The fourth-order valence-corrected chi connectivity index (χ4v) is 3.66. The fraction of sp³-hybridized carbons (Fsp3) is 0.208. The number of aromatic nitrogens is 1. The number of rotatable bonds is 10. The highest BCUT2D eigenvalue weighted by Gasteiger charge is 2.07. The third kappa shape index (κ3) is 8.35. The number of primary amides is 1. The lowest BCUT2D eigenvalue weighted by molar-refractivity contribution is -0.116. The van der Waals surface area contributed by atoms with Crippen molar-refractivity contribution in [3.05, 3.63) is 72.6 Å². The number of nitrogens with two attached hydrogens (primary N) is 2. The van der Waals surface area contributed by atoms with Gasteiger partial charge >= 0.3 is 0 Å². The van der Waals surface area contributed by atoms with Gasteiger partial charge in [0.2, 0.25) is 5.91 Å². The standard InChI is InChI=1S/C15H21N5O2S.C9H7NO2/c16-20(22)23-18-11-3-1-2-9-14(21)19-13-8-4-6-12-7-5-10-17-15(12)13;10-9(11)8-5-6-3-1-2-4-7(6)12-8/h4-8,10,18,22H,1-3,9,11,16H2,(H,19,21);1-5H,(H2,10,11). The van der Waals surface area contributed by atoms with Gasteiger partial charge < -0.3 is 15.5 Å². The molecule has 2 amide bonds. The zero-order valence-corrected chi connectivity index (χ0v) is 19.8. The Balaban J connectivity index is 0.000000237. The summed E-state index contributed by atoms with van der Waals surface area (Å²) in [6.07, 6.45) is 4.83. The Morgan fingerprint density at radius 2 is 1.80 bits per heavy atom. The number of nitrogens with zero attached hydrogens (tertiary/aromatic N) is 2. The largest absolute Gasteiger partial charge is 0.451 e. The number of carbonyl (C=O) groups is 2. The Labute approximate surface area is 206 Å². The molecule has 10 nitrogen and oxygen atoms in total. The Bertz CT molecular complexity index is 1220. The molecule has 0 bridgehead atoms. The summed E-state index contributed by atoms with van der Waals surface area (Å²) in [5.41, 5.74) is 7.28. The van der Waals surface area contributed by atoms with E-state index in [1.54, 1.807) is 18.3 Å². The molecule has 0 fully saturated rings. The average molecular weight is 497 g/mol. The van der Waals surface area contributed by atoms with E-state index in [4.69, 9.17) is 21.2 Å². The number of nitrogens with one attached hydrogen (secondary N) is 2. The Morgan fingerprint density at radius 3 is 2.57 bits per heavy atom. The topological polar surface area (TPSA) is 160 Å². The minimum absolute atomic E-state index is 0.00558. The number of hydrogen-bond acceptors (Lipinski definition) is 9. The van der Waals surface area contributed by atoms with Gasteiger partial charge in [-0.1, -0.05) is 47.4 Å². The van der Waals surface area contributed by atoms with Crippen LogP contribution >= 0.6 is 12.1 Å². The van der Waals surface area contributed by atoms with E-state index in [0.29, 0.717) is 23.1 Å². The molecular formula is C24H28N6O4S. The molecule has 2 heterocycles.